The van der Waals surface area contributed by atoms with Crippen molar-refractivity contribution in [3.63, 3.8) is 0 Å². The summed E-state index contributed by atoms with van der Waals surface area (Å²) in [6, 6.07) is 8.59. The fraction of sp³-hybridized carbons (Fsp3) is 0.263. The third kappa shape index (κ3) is 3.79. The lowest BCUT2D eigenvalue weighted by molar-refractivity contribution is -0.0147. The summed E-state index contributed by atoms with van der Waals surface area (Å²) in [7, 11) is 0. The quantitative estimate of drug-likeness (QED) is 0.629. The number of rotatable bonds is 4. The molecule has 144 valence electrons. The lowest BCUT2D eigenvalue weighted by Gasteiger charge is -2.31. The number of aromatic hydroxyl groups is 1. The second-order valence-corrected chi connectivity index (χ2v) is 6.43. The van der Waals surface area contributed by atoms with Gasteiger partial charge in [0.25, 0.3) is 0 Å². The monoisotopic (exact) mass is 381 g/mol. The van der Waals surface area contributed by atoms with Gasteiger partial charge in [0.2, 0.25) is 0 Å². The predicted octanol–water partition coefficient (Wildman–Crippen LogP) is 2.19. The van der Waals surface area contributed by atoms with Gasteiger partial charge in [0.1, 0.15) is 11.3 Å². The van der Waals surface area contributed by atoms with Crippen molar-refractivity contribution in [2.24, 2.45) is 0 Å². The summed E-state index contributed by atoms with van der Waals surface area (Å²) in [5.74, 6) is 0.727. The van der Waals surface area contributed by atoms with Gasteiger partial charge in [-0.3, -0.25) is 4.98 Å². The highest BCUT2D eigenvalue weighted by atomic mass is 16.5. The molecule has 1 amide bonds. The maximum Gasteiger partial charge on any atom is 0.407 e. The lowest BCUT2D eigenvalue weighted by atomic mass is 10.1. The molecule has 3 aromatic rings. The van der Waals surface area contributed by atoms with Crippen LogP contribution in [-0.4, -0.2) is 68.5 Å². The average molecular weight is 381 g/mol. The Labute approximate surface area is 160 Å². The van der Waals surface area contributed by atoms with E-state index < -0.39 is 6.09 Å². The fourth-order valence-corrected chi connectivity index (χ4v) is 3.10. The SMILES string of the molecule is O=C(O)N1CCO[C@H](CNc2nc(-c3ccc(O)cc3)cc3nccnc23)C1. The molecule has 28 heavy (non-hydrogen) atoms. The zero-order valence-electron chi connectivity index (χ0n) is 14.9. The van der Waals surface area contributed by atoms with E-state index in [0.29, 0.717) is 48.8 Å². The molecule has 3 heterocycles. The van der Waals surface area contributed by atoms with Crippen LogP contribution in [0.25, 0.3) is 22.3 Å². The highest BCUT2D eigenvalue weighted by molar-refractivity contribution is 5.88. The summed E-state index contributed by atoms with van der Waals surface area (Å²) in [5.41, 5.74) is 2.82. The summed E-state index contributed by atoms with van der Waals surface area (Å²) in [4.78, 5) is 25.9. The molecule has 1 aromatic carbocycles. The van der Waals surface area contributed by atoms with Crippen LogP contribution in [0.5, 0.6) is 5.75 Å². The molecule has 1 fully saturated rings. The summed E-state index contributed by atoms with van der Waals surface area (Å²) < 4.78 is 5.66. The Hall–Kier alpha value is -3.46. The van der Waals surface area contributed by atoms with E-state index in [1.54, 1.807) is 36.7 Å². The standard InChI is InChI=1S/C19H19N5O4/c25-13-3-1-12(2-4-13)15-9-16-17(21-6-5-20-16)18(23-15)22-10-14-11-24(19(26)27)7-8-28-14/h1-6,9,14,25H,7-8,10-11H2,(H,22,23)(H,26,27)/t14-/m1/s1. The molecule has 1 saturated heterocycles. The first-order valence-corrected chi connectivity index (χ1v) is 8.84. The van der Waals surface area contributed by atoms with E-state index in [1.807, 2.05) is 6.07 Å². The molecule has 3 N–H and O–H groups in total. The number of pyridine rings is 1. The van der Waals surface area contributed by atoms with Gasteiger partial charge in [-0.05, 0) is 30.3 Å². The van der Waals surface area contributed by atoms with E-state index in [1.165, 1.54) is 4.90 Å². The molecule has 0 aliphatic carbocycles. The molecule has 0 spiro atoms. The number of hydrogen-bond acceptors (Lipinski definition) is 7. The van der Waals surface area contributed by atoms with Crippen molar-refractivity contribution in [1.29, 1.82) is 0 Å². The van der Waals surface area contributed by atoms with Crippen LogP contribution in [0, 0.1) is 0 Å². The van der Waals surface area contributed by atoms with Gasteiger partial charge >= 0.3 is 6.09 Å². The van der Waals surface area contributed by atoms with Gasteiger partial charge in [-0.25, -0.2) is 14.8 Å². The van der Waals surface area contributed by atoms with E-state index in [9.17, 15) is 9.90 Å². The van der Waals surface area contributed by atoms with Gasteiger partial charge in [-0.2, -0.15) is 0 Å². The second kappa shape index (κ2) is 7.65. The third-order valence-electron chi connectivity index (χ3n) is 4.53. The second-order valence-electron chi connectivity index (χ2n) is 6.43. The first-order chi connectivity index (χ1) is 13.6. The van der Waals surface area contributed by atoms with Crippen molar-refractivity contribution < 1.29 is 19.7 Å². The number of amides is 1. The molecular weight excluding hydrogens is 362 g/mol. The summed E-state index contributed by atoms with van der Waals surface area (Å²) >= 11 is 0. The van der Waals surface area contributed by atoms with Crippen LogP contribution in [0.2, 0.25) is 0 Å². The maximum absolute atomic E-state index is 11.2. The van der Waals surface area contributed by atoms with Crippen molar-refractivity contribution in [3.05, 3.63) is 42.7 Å². The minimum atomic E-state index is -0.947. The number of aromatic nitrogens is 3. The Morgan fingerprint density at radius 1 is 1.25 bits per heavy atom. The Kier molecular flexibility index (Phi) is 4.90. The number of nitrogens with zero attached hydrogens (tertiary/aromatic N) is 4. The number of carboxylic acid groups (broad SMARTS) is 1. The first kappa shape index (κ1) is 17.9. The molecule has 1 aliphatic heterocycles. The molecular formula is C19H19N5O4. The van der Waals surface area contributed by atoms with Crippen LogP contribution in [0.4, 0.5) is 10.6 Å². The summed E-state index contributed by atoms with van der Waals surface area (Å²) in [6.45, 7) is 1.42. The number of benzene rings is 1. The van der Waals surface area contributed by atoms with Crippen molar-refractivity contribution in [3.8, 4) is 17.0 Å². The summed E-state index contributed by atoms with van der Waals surface area (Å²) in [5, 5.41) is 21.9. The average Bonchev–Trinajstić information content (AvgIpc) is 2.72. The molecule has 9 nitrogen and oxygen atoms in total. The Morgan fingerprint density at radius 2 is 2.04 bits per heavy atom. The van der Waals surface area contributed by atoms with Gasteiger partial charge in [0, 0.05) is 31.0 Å². The lowest BCUT2D eigenvalue weighted by Crippen LogP contribution is -2.47. The number of ether oxygens (including phenoxy) is 1. The van der Waals surface area contributed by atoms with Gasteiger partial charge in [-0.1, -0.05) is 0 Å². The Balaban J connectivity index is 1.60. The molecule has 0 radical (unpaired) electrons. The highest BCUT2D eigenvalue weighted by Gasteiger charge is 2.24. The molecule has 1 atom stereocenters. The van der Waals surface area contributed by atoms with Crippen LogP contribution < -0.4 is 5.32 Å². The number of morpholine rings is 1. The highest BCUT2D eigenvalue weighted by Crippen LogP contribution is 2.26. The number of anilines is 1. The van der Waals surface area contributed by atoms with Gasteiger partial charge in [-0.15, -0.1) is 0 Å². The van der Waals surface area contributed by atoms with E-state index in [4.69, 9.17) is 9.84 Å². The van der Waals surface area contributed by atoms with Crippen molar-refractivity contribution in [2.45, 2.75) is 6.10 Å². The van der Waals surface area contributed by atoms with Gasteiger partial charge in [0.15, 0.2) is 5.82 Å². The Morgan fingerprint density at radius 3 is 2.82 bits per heavy atom. The van der Waals surface area contributed by atoms with Crippen molar-refractivity contribution >= 4 is 22.9 Å². The minimum Gasteiger partial charge on any atom is -0.508 e. The van der Waals surface area contributed by atoms with Gasteiger partial charge in [0.05, 0.1) is 30.5 Å². The van der Waals surface area contributed by atoms with Crippen LogP contribution in [0.1, 0.15) is 0 Å². The fourth-order valence-electron chi connectivity index (χ4n) is 3.10. The van der Waals surface area contributed by atoms with Crippen LogP contribution in [0.15, 0.2) is 42.7 Å². The van der Waals surface area contributed by atoms with E-state index >= 15 is 0 Å². The topological polar surface area (TPSA) is 121 Å². The molecule has 0 unspecified atom stereocenters. The van der Waals surface area contributed by atoms with Crippen LogP contribution in [-0.2, 0) is 4.74 Å². The van der Waals surface area contributed by atoms with Crippen LogP contribution in [0.3, 0.4) is 0 Å². The number of fused-ring (bicyclic) bond motifs is 1. The molecule has 9 heteroatoms. The number of nitrogens with one attached hydrogen (secondary N) is 1. The zero-order chi connectivity index (χ0) is 19.5. The molecule has 2 aromatic heterocycles. The molecule has 0 bridgehead atoms. The van der Waals surface area contributed by atoms with E-state index in [2.05, 4.69) is 20.3 Å². The molecule has 1 aliphatic rings. The number of phenolic OH excluding ortho intramolecular Hbond substituents is 1. The largest absolute Gasteiger partial charge is 0.508 e. The van der Waals surface area contributed by atoms with Gasteiger partial charge < -0.3 is 25.2 Å². The first-order valence-electron chi connectivity index (χ1n) is 8.84. The normalized spacial score (nSPS) is 16.9. The maximum atomic E-state index is 11.2. The molecule has 4 rings (SSSR count). The minimum absolute atomic E-state index is 0.181. The van der Waals surface area contributed by atoms with E-state index in [0.717, 1.165) is 5.56 Å². The van der Waals surface area contributed by atoms with Crippen molar-refractivity contribution in [2.75, 3.05) is 31.6 Å². The number of phenols is 1. The summed E-state index contributed by atoms with van der Waals surface area (Å²) in [6.07, 6.45) is 1.98. The van der Waals surface area contributed by atoms with Crippen LogP contribution >= 0.6 is 0 Å². The predicted molar refractivity (Wildman–Crippen MR) is 102 cm³/mol. The number of carbonyl (C=O) groups is 1. The van der Waals surface area contributed by atoms with Crippen molar-refractivity contribution in [1.82, 2.24) is 19.9 Å². The zero-order valence-corrected chi connectivity index (χ0v) is 14.9. The number of hydrogen-bond donors (Lipinski definition) is 3. The Bertz CT molecular complexity index is 995. The third-order valence-corrected chi connectivity index (χ3v) is 4.53. The smallest absolute Gasteiger partial charge is 0.407 e. The molecule has 0 saturated carbocycles. The van der Waals surface area contributed by atoms with E-state index in [-0.39, 0.29) is 11.9 Å².